The molecular formula is C19H31N3S. The minimum Gasteiger partial charge on any atom is -0.369 e. The second-order valence-corrected chi connectivity index (χ2v) is 6.92. The SMILES string of the molecule is CC.CN1CCN2CC=CC=C2C1.CN1CCc2cscc2C1. The highest BCUT2D eigenvalue weighted by atomic mass is 32.1. The van der Waals surface area contributed by atoms with Gasteiger partial charge in [0.15, 0.2) is 0 Å². The van der Waals surface area contributed by atoms with Crippen molar-refractivity contribution in [3.8, 4) is 0 Å². The molecule has 0 radical (unpaired) electrons. The highest BCUT2D eigenvalue weighted by Gasteiger charge is 2.17. The van der Waals surface area contributed by atoms with Crippen LogP contribution in [0.2, 0.25) is 0 Å². The average Bonchev–Trinajstić information content (AvgIpc) is 3.04. The normalized spacial score (nSPS) is 20.3. The summed E-state index contributed by atoms with van der Waals surface area (Å²) in [7, 11) is 4.36. The Kier molecular flexibility index (Phi) is 7.34. The van der Waals surface area contributed by atoms with Crippen LogP contribution in [0.5, 0.6) is 0 Å². The molecule has 1 aromatic heterocycles. The van der Waals surface area contributed by atoms with E-state index in [4.69, 9.17) is 0 Å². The molecule has 1 aromatic rings. The molecule has 0 saturated carbocycles. The summed E-state index contributed by atoms with van der Waals surface area (Å²) in [6.07, 6.45) is 7.84. The molecule has 3 nitrogen and oxygen atoms in total. The van der Waals surface area contributed by atoms with Crippen LogP contribution >= 0.6 is 11.3 Å². The summed E-state index contributed by atoms with van der Waals surface area (Å²) in [5.74, 6) is 0. The van der Waals surface area contributed by atoms with Crippen molar-refractivity contribution in [2.24, 2.45) is 0 Å². The zero-order valence-electron chi connectivity index (χ0n) is 15.1. The lowest BCUT2D eigenvalue weighted by molar-refractivity contribution is 0.214. The molecule has 1 fully saturated rings. The minimum atomic E-state index is 1.11. The molecule has 0 unspecified atom stereocenters. The Morgan fingerprint density at radius 3 is 2.48 bits per heavy atom. The van der Waals surface area contributed by atoms with Gasteiger partial charge in [-0.2, -0.15) is 11.3 Å². The van der Waals surface area contributed by atoms with Gasteiger partial charge >= 0.3 is 0 Å². The summed E-state index contributed by atoms with van der Waals surface area (Å²) in [6, 6.07) is 0. The van der Waals surface area contributed by atoms with Crippen molar-refractivity contribution < 1.29 is 0 Å². The third-order valence-electron chi connectivity index (χ3n) is 4.38. The number of hydrogen-bond donors (Lipinski definition) is 0. The Balaban J connectivity index is 0.000000152. The molecule has 0 amide bonds. The molecule has 3 aliphatic rings. The van der Waals surface area contributed by atoms with Gasteiger partial charge in [-0.1, -0.05) is 26.0 Å². The molecule has 0 spiro atoms. The van der Waals surface area contributed by atoms with Gasteiger partial charge in [-0.15, -0.1) is 0 Å². The van der Waals surface area contributed by atoms with Crippen LogP contribution in [-0.2, 0) is 13.0 Å². The van der Waals surface area contributed by atoms with Crippen LogP contribution in [0.25, 0.3) is 0 Å². The molecule has 4 rings (SSSR count). The highest BCUT2D eigenvalue weighted by molar-refractivity contribution is 7.08. The predicted molar refractivity (Wildman–Crippen MR) is 102 cm³/mol. The number of hydrogen-bond acceptors (Lipinski definition) is 4. The fourth-order valence-electron chi connectivity index (χ4n) is 3.01. The van der Waals surface area contributed by atoms with Gasteiger partial charge in [0.25, 0.3) is 0 Å². The summed E-state index contributed by atoms with van der Waals surface area (Å²) >= 11 is 1.83. The first kappa shape index (κ1) is 18.2. The maximum atomic E-state index is 2.44. The van der Waals surface area contributed by atoms with Crippen molar-refractivity contribution in [1.82, 2.24) is 14.7 Å². The van der Waals surface area contributed by atoms with E-state index in [1.54, 1.807) is 11.1 Å². The minimum absolute atomic E-state index is 1.11. The molecule has 0 aliphatic carbocycles. The van der Waals surface area contributed by atoms with Gasteiger partial charge in [0.2, 0.25) is 0 Å². The van der Waals surface area contributed by atoms with Gasteiger partial charge in [-0.05, 0) is 48.5 Å². The Bertz CT molecular complexity index is 532. The topological polar surface area (TPSA) is 9.72 Å². The largest absolute Gasteiger partial charge is 0.369 e. The standard InChI is InChI=1S/C9H14N2.C8H11NS.C2H6/c1-10-6-7-11-5-3-2-4-9(11)8-10;1-9-3-2-7-5-10-6-8(7)4-9;1-2/h2-4H,5-8H2,1H3;5-6H,2-4H2,1H3;1-2H3. The van der Waals surface area contributed by atoms with Crippen molar-refractivity contribution in [2.75, 3.05) is 46.8 Å². The van der Waals surface area contributed by atoms with Crippen molar-refractivity contribution in [3.05, 3.63) is 45.8 Å². The Hall–Kier alpha value is -1.10. The molecule has 4 heteroatoms. The van der Waals surface area contributed by atoms with Gasteiger partial charge < -0.3 is 9.80 Å². The van der Waals surface area contributed by atoms with Gasteiger partial charge in [-0.25, -0.2) is 0 Å². The van der Waals surface area contributed by atoms with E-state index in [1.165, 1.54) is 31.8 Å². The predicted octanol–water partition coefficient (Wildman–Crippen LogP) is 3.45. The Morgan fingerprint density at radius 1 is 0.913 bits per heavy atom. The summed E-state index contributed by atoms with van der Waals surface area (Å²) in [6.45, 7) is 11.0. The average molecular weight is 334 g/mol. The van der Waals surface area contributed by atoms with Crippen LogP contribution < -0.4 is 0 Å². The smallest absolute Gasteiger partial charge is 0.0381 e. The highest BCUT2D eigenvalue weighted by Crippen LogP contribution is 2.21. The molecule has 1 saturated heterocycles. The molecule has 3 aliphatic heterocycles. The maximum absolute atomic E-state index is 2.44. The molecule has 4 heterocycles. The molecular weight excluding hydrogens is 302 g/mol. The van der Waals surface area contributed by atoms with E-state index in [0.717, 1.165) is 19.6 Å². The molecule has 23 heavy (non-hydrogen) atoms. The number of piperazine rings is 1. The zero-order chi connectivity index (χ0) is 16.7. The molecule has 0 aromatic carbocycles. The summed E-state index contributed by atoms with van der Waals surface area (Å²) in [5, 5.41) is 4.55. The van der Waals surface area contributed by atoms with E-state index in [9.17, 15) is 0 Å². The van der Waals surface area contributed by atoms with E-state index >= 15 is 0 Å². The Labute approximate surface area is 145 Å². The zero-order valence-corrected chi connectivity index (χ0v) is 15.9. The Morgan fingerprint density at radius 2 is 1.65 bits per heavy atom. The van der Waals surface area contributed by atoms with Gasteiger partial charge in [0, 0.05) is 45.0 Å². The van der Waals surface area contributed by atoms with Crippen LogP contribution in [-0.4, -0.2) is 61.5 Å². The molecule has 0 atom stereocenters. The number of thiophene rings is 1. The second kappa shape index (κ2) is 9.26. The van der Waals surface area contributed by atoms with Crippen molar-refractivity contribution >= 4 is 11.3 Å². The third-order valence-corrected chi connectivity index (χ3v) is 5.22. The first-order chi connectivity index (χ1) is 11.2. The summed E-state index contributed by atoms with van der Waals surface area (Å²) in [5.41, 5.74) is 4.59. The van der Waals surface area contributed by atoms with E-state index in [-0.39, 0.29) is 0 Å². The summed E-state index contributed by atoms with van der Waals surface area (Å²) in [4.78, 5) is 7.18. The molecule has 0 bridgehead atoms. The van der Waals surface area contributed by atoms with Gasteiger partial charge in [0.1, 0.15) is 0 Å². The monoisotopic (exact) mass is 333 g/mol. The number of rotatable bonds is 0. The number of likely N-dealkylation sites (N-methyl/N-ethyl adjacent to an activating group) is 2. The van der Waals surface area contributed by atoms with E-state index in [2.05, 4.69) is 57.8 Å². The maximum Gasteiger partial charge on any atom is 0.0381 e. The van der Waals surface area contributed by atoms with Crippen molar-refractivity contribution in [2.45, 2.75) is 26.8 Å². The number of allylic oxidation sites excluding steroid dienone is 2. The summed E-state index contributed by atoms with van der Waals surface area (Å²) < 4.78 is 0. The van der Waals surface area contributed by atoms with E-state index in [0.29, 0.717) is 0 Å². The van der Waals surface area contributed by atoms with Crippen LogP contribution in [0, 0.1) is 0 Å². The van der Waals surface area contributed by atoms with E-state index < -0.39 is 0 Å². The van der Waals surface area contributed by atoms with Crippen LogP contribution in [0.15, 0.2) is 34.7 Å². The van der Waals surface area contributed by atoms with Gasteiger partial charge in [0.05, 0.1) is 0 Å². The lowest BCUT2D eigenvalue weighted by Crippen LogP contribution is -2.43. The fourth-order valence-corrected chi connectivity index (χ4v) is 3.91. The van der Waals surface area contributed by atoms with Crippen LogP contribution in [0.4, 0.5) is 0 Å². The lowest BCUT2D eigenvalue weighted by atomic mass is 10.1. The lowest BCUT2D eigenvalue weighted by Gasteiger charge is -2.37. The molecule has 0 N–H and O–H groups in total. The van der Waals surface area contributed by atoms with Crippen molar-refractivity contribution in [1.29, 1.82) is 0 Å². The van der Waals surface area contributed by atoms with Crippen molar-refractivity contribution in [3.63, 3.8) is 0 Å². The third kappa shape index (κ3) is 5.20. The van der Waals surface area contributed by atoms with Crippen LogP contribution in [0.3, 0.4) is 0 Å². The van der Waals surface area contributed by atoms with Crippen LogP contribution in [0.1, 0.15) is 25.0 Å². The van der Waals surface area contributed by atoms with E-state index in [1.807, 2.05) is 25.2 Å². The number of nitrogens with zero attached hydrogens (tertiary/aromatic N) is 3. The fraction of sp³-hybridized carbons (Fsp3) is 0.579. The molecule has 128 valence electrons. The second-order valence-electron chi connectivity index (χ2n) is 6.18. The first-order valence-corrected chi connectivity index (χ1v) is 9.68. The number of fused-ring (bicyclic) bond motifs is 2. The van der Waals surface area contributed by atoms with Gasteiger partial charge in [-0.3, -0.25) is 4.90 Å². The quantitative estimate of drug-likeness (QED) is 0.720. The first-order valence-electron chi connectivity index (χ1n) is 8.74.